The Morgan fingerprint density at radius 3 is 2.78 bits per heavy atom. The molecule has 0 fully saturated rings. The first-order valence-corrected chi connectivity index (χ1v) is 8.19. The first-order valence-electron chi connectivity index (χ1n) is 8.19. The van der Waals surface area contributed by atoms with Crippen molar-refractivity contribution in [2.45, 2.75) is 12.8 Å². The number of carbonyl (C=O) groups is 1. The maximum atomic E-state index is 13.3. The molecule has 0 unspecified atom stereocenters. The molecule has 0 saturated heterocycles. The Bertz CT molecular complexity index is 942. The van der Waals surface area contributed by atoms with Crippen LogP contribution in [0.25, 0.3) is 11.4 Å². The SMILES string of the molecule is COc1ccc(NC(=O)CCc2nc(-c3cccc(F)c3)no2)c(OC)c1. The summed E-state index contributed by atoms with van der Waals surface area (Å²) in [6, 6.07) is 11.0. The number of ether oxygens (including phenoxy) is 2. The molecule has 0 saturated carbocycles. The van der Waals surface area contributed by atoms with Gasteiger partial charge in [-0.1, -0.05) is 17.3 Å². The molecule has 0 bridgehead atoms. The highest BCUT2D eigenvalue weighted by molar-refractivity contribution is 5.92. The van der Waals surface area contributed by atoms with Crippen LogP contribution in [0.15, 0.2) is 47.0 Å². The molecule has 0 aliphatic heterocycles. The Labute approximate surface area is 155 Å². The first-order chi connectivity index (χ1) is 13.1. The monoisotopic (exact) mass is 371 g/mol. The van der Waals surface area contributed by atoms with Crippen LogP contribution in [0, 0.1) is 5.82 Å². The molecule has 1 aromatic heterocycles. The van der Waals surface area contributed by atoms with Crippen molar-refractivity contribution in [2.24, 2.45) is 0 Å². The quantitative estimate of drug-likeness (QED) is 0.684. The lowest BCUT2D eigenvalue weighted by Gasteiger charge is -2.11. The number of hydrogen-bond donors (Lipinski definition) is 1. The van der Waals surface area contributed by atoms with Gasteiger partial charge in [-0.3, -0.25) is 4.79 Å². The Morgan fingerprint density at radius 2 is 2.04 bits per heavy atom. The Balaban J connectivity index is 1.60. The van der Waals surface area contributed by atoms with Crippen LogP contribution < -0.4 is 14.8 Å². The van der Waals surface area contributed by atoms with Crippen LogP contribution >= 0.6 is 0 Å². The number of aryl methyl sites for hydroxylation is 1. The Kier molecular flexibility index (Phi) is 5.65. The molecule has 0 aliphatic rings. The van der Waals surface area contributed by atoms with Gasteiger partial charge in [-0.05, 0) is 24.3 Å². The molecule has 7 nitrogen and oxygen atoms in total. The van der Waals surface area contributed by atoms with Crippen LogP contribution in [-0.4, -0.2) is 30.3 Å². The zero-order valence-corrected chi connectivity index (χ0v) is 14.9. The number of aromatic nitrogens is 2. The van der Waals surface area contributed by atoms with Gasteiger partial charge >= 0.3 is 0 Å². The molecule has 0 radical (unpaired) electrons. The third kappa shape index (κ3) is 4.60. The predicted octanol–water partition coefficient (Wildman–Crippen LogP) is 3.46. The number of carbonyl (C=O) groups excluding carboxylic acids is 1. The minimum Gasteiger partial charge on any atom is -0.497 e. The van der Waals surface area contributed by atoms with Gasteiger partial charge < -0.3 is 19.3 Å². The van der Waals surface area contributed by atoms with E-state index in [1.807, 2.05) is 0 Å². The fourth-order valence-corrected chi connectivity index (χ4v) is 2.44. The molecule has 0 atom stereocenters. The molecular weight excluding hydrogens is 353 g/mol. The number of nitrogens with zero attached hydrogens (tertiary/aromatic N) is 2. The second-order valence-corrected chi connectivity index (χ2v) is 5.64. The summed E-state index contributed by atoms with van der Waals surface area (Å²) in [5.74, 6) is 1.08. The maximum absolute atomic E-state index is 13.3. The molecule has 27 heavy (non-hydrogen) atoms. The number of benzene rings is 2. The van der Waals surface area contributed by atoms with Crippen molar-refractivity contribution in [3.8, 4) is 22.9 Å². The molecule has 3 aromatic rings. The zero-order valence-electron chi connectivity index (χ0n) is 14.9. The molecule has 1 heterocycles. The second-order valence-electron chi connectivity index (χ2n) is 5.64. The third-order valence-corrected chi connectivity index (χ3v) is 3.80. The summed E-state index contributed by atoms with van der Waals surface area (Å²) in [5.41, 5.74) is 1.05. The summed E-state index contributed by atoms with van der Waals surface area (Å²) in [4.78, 5) is 16.4. The highest BCUT2D eigenvalue weighted by atomic mass is 19.1. The summed E-state index contributed by atoms with van der Waals surface area (Å²) >= 11 is 0. The number of halogens is 1. The van der Waals surface area contributed by atoms with Crippen molar-refractivity contribution in [1.82, 2.24) is 10.1 Å². The van der Waals surface area contributed by atoms with E-state index in [1.165, 1.54) is 19.2 Å². The molecule has 0 spiro atoms. The largest absolute Gasteiger partial charge is 0.497 e. The molecule has 1 N–H and O–H groups in total. The summed E-state index contributed by atoms with van der Waals surface area (Å²) in [5, 5.41) is 6.59. The van der Waals surface area contributed by atoms with Gasteiger partial charge in [0.1, 0.15) is 17.3 Å². The van der Waals surface area contributed by atoms with Crippen molar-refractivity contribution in [1.29, 1.82) is 0 Å². The van der Waals surface area contributed by atoms with E-state index < -0.39 is 0 Å². The first kappa shape index (κ1) is 18.4. The highest BCUT2D eigenvalue weighted by Crippen LogP contribution is 2.29. The Hall–Kier alpha value is -3.42. The van der Waals surface area contributed by atoms with Crippen LogP contribution in [0.1, 0.15) is 12.3 Å². The number of rotatable bonds is 7. The smallest absolute Gasteiger partial charge is 0.227 e. The lowest BCUT2D eigenvalue weighted by Crippen LogP contribution is -2.13. The van der Waals surface area contributed by atoms with Crippen molar-refractivity contribution in [3.63, 3.8) is 0 Å². The van der Waals surface area contributed by atoms with Crippen molar-refractivity contribution < 1.29 is 23.2 Å². The molecular formula is C19H18FN3O4. The van der Waals surface area contributed by atoms with Gasteiger partial charge in [0.15, 0.2) is 0 Å². The lowest BCUT2D eigenvalue weighted by molar-refractivity contribution is -0.116. The van der Waals surface area contributed by atoms with E-state index in [0.717, 1.165) is 0 Å². The van der Waals surface area contributed by atoms with Gasteiger partial charge in [0.25, 0.3) is 0 Å². The maximum Gasteiger partial charge on any atom is 0.227 e. The van der Waals surface area contributed by atoms with Crippen molar-refractivity contribution in [2.75, 3.05) is 19.5 Å². The number of nitrogens with one attached hydrogen (secondary N) is 1. The summed E-state index contributed by atoms with van der Waals surface area (Å²) in [6.45, 7) is 0. The standard InChI is InChI=1S/C19H18FN3O4/c1-25-14-6-7-15(16(11-14)26-2)21-17(24)8-9-18-22-19(23-27-18)12-4-3-5-13(20)10-12/h3-7,10-11H,8-9H2,1-2H3,(H,21,24). The van der Waals surface area contributed by atoms with E-state index in [9.17, 15) is 9.18 Å². The summed E-state index contributed by atoms with van der Waals surface area (Å²) < 4.78 is 28.8. The van der Waals surface area contributed by atoms with E-state index in [4.69, 9.17) is 14.0 Å². The second kappa shape index (κ2) is 8.31. The number of hydrogen-bond acceptors (Lipinski definition) is 6. The molecule has 3 rings (SSSR count). The van der Waals surface area contributed by atoms with Crippen LogP contribution in [0.2, 0.25) is 0 Å². The van der Waals surface area contributed by atoms with Gasteiger partial charge in [0.2, 0.25) is 17.6 Å². The average Bonchev–Trinajstić information content (AvgIpc) is 3.16. The lowest BCUT2D eigenvalue weighted by atomic mass is 10.2. The molecule has 0 aliphatic carbocycles. The Morgan fingerprint density at radius 1 is 1.19 bits per heavy atom. The van der Waals surface area contributed by atoms with Crippen molar-refractivity contribution in [3.05, 3.63) is 54.2 Å². The normalized spacial score (nSPS) is 10.5. The number of anilines is 1. The van der Waals surface area contributed by atoms with Crippen molar-refractivity contribution >= 4 is 11.6 Å². The molecule has 140 valence electrons. The molecule has 8 heteroatoms. The average molecular weight is 371 g/mol. The fraction of sp³-hybridized carbons (Fsp3) is 0.211. The highest BCUT2D eigenvalue weighted by Gasteiger charge is 2.13. The molecule has 1 amide bonds. The predicted molar refractivity (Wildman–Crippen MR) is 96.2 cm³/mol. The van der Waals surface area contributed by atoms with E-state index in [1.54, 1.807) is 37.4 Å². The number of methoxy groups -OCH3 is 2. The van der Waals surface area contributed by atoms with E-state index in [2.05, 4.69) is 15.5 Å². The zero-order chi connectivity index (χ0) is 19.2. The van der Waals surface area contributed by atoms with Gasteiger partial charge in [-0.15, -0.1) is 0 Å². The van der Waals surface area contributed by atoms with E-state index in [-0.39, 0.29) is 30.4 Å². The fourth-order valence-electron chi connectivity index (χ4n) is 2.44. The minimum atomic E-state index is -0.383. The molecule has 2 aromatic carbocycles. The summed E-state index contributed by atoms with van der Waals surface area (Å²) in [6.07, 6.45) is 0.395. The van der Waals surface area contributed by atoms with Gasteiger partial charge in [-0.25, -0.2) is 4.39 Å². The third-order valence-electron chi connectivity index (χ3n) is 3.80. The summed E-state index contributed by atoms with van der Waals surface area (Å²) in [7, 11) is 3.06. The van der Waals surface area contributed by atoms with Crippen LogP contribution in [0.4, 0.5) is 10.1 Å². The van der Waals surface area contributed by atoms with E-state index in [0.29, 0.717) is 28.6 Å². The number of amides is 1. The van der Waals surface area contributed by atoms with Crippen LogP contribution in [0.3, 0.4) is 0 Å². The van der Waals surface area contributed by atoms with E-state index >= 15 is 0 Å². The minimum absolute atomic E-state index is 0.139. The van der Waals surface area contributed by atoms with Crippen LogP contribution in [0.5, 0.6) is 11.5 Å². The van der Waals surface area contributed by atoms with Gasteiger partial charge in [-0.2, -0.15) is 4.98 Å². The van der Waals surface area contributed by atoms with Crippen LogP contribution in [-0.2, 0) is 11.2 Å². The van der Waals surface area contributed by atoms with Gasteiger partial charge in [0, 0.05) is 24.5 Å². The van der Waals surface area contributed by atoms with Gasteiger partial charge in [0.05, 0.1) is 19.9 Å². The topological polar surface area (TPSA) is 86.5 Å².